The van der Waals surface area contributed by atoms with Gasteiger partial charge in [0.15, 0.2) is 5.00 Å². The van der Waals surface area contributed by atoms with E-state index in [1.165, 1.54) is 4.72 Å². The number of nitrogens with zero attached hydrogens (tertiary/aromatic N) is 1. The van der Waals surface area contributed by atoms with Crippen molar-refractivity contribution in [3.05, 3.63) is 16.2 Å². The molecule has 1 aromatic heterocycles. The molecule has 120 valence electrons. The van der Waals surface area contributed by atoms with Gasteiger partial charge in [0.1, 0.15) is 10.8 Å². The van der Waals surface area contributed by atoms with Crippen molar-refractivity contribution in [2.45, 2.75) is 23.7 Å². The summed E-state index contributed by atoms with van der Waals surface area (Å²) < 4.78 is 60.3. The van der Waals surface area contributed by atoms with Crippen LogP contribution in [0.4, 0.5) is 23.9 Å². The number of rotatable bonds is 7. The molecule has 0 fully saturated rings. The standard InChI is InChI=1S/C9H12F3N3O4S2/c1-2-3-13-8-6(15(16)17)4-7(20-8)21(18,19)14-5-9(10,11)12/h4,13-14H,2-3,5H2,1H3. The molecule has 1 rings (SSSR count). The van der Waals surface area contributed by atoms with E-state index < -0.39 is 37.6 Å². The van der Waals surface area contributed by atoms with Crippen molar-refractivity contribution in [2.24, 2.45) is 0 Å². The average molecular weight is 347 g/mol. The zero-order valence-corrected chi connectivity index (χ0v) is 12.4. The van der Waals surface area contributed by atoms with Crippen molar-refractivity contribution < 1.29 is 26.5 Å². The van der Waals surface area contributed by atoms with Gasteiger partial charge in [-0.2, -0.15) is 13.2 Å². The van der Waals surface area contributed by atoms with E-state index in [0.717, 1.165) is 6.07 Å². The Bertz CT molecular complexity index is 612. The van der Waals surface area contributed by atoms with E-state index >= 15 is 0 Å². The van der Waals surface area contributed by atoms with Gasteiger partial charge < -0.3 is 5.32 Å². The Balaban J connectivity index is 3.04. The average Bonchev–Trinajstić information content (AvgIpc) is 2.78. The van der Waals surface area contributed by atoms with E-state index in [0.29, 0.717) is 24.3 Å². The molecule has 0 spiro atoms. The highest BCUT2D eigenvalue weighted by molar-refractivity contribution is 7.91. The zero-order chi connectivity index (χ0) is 16.3. The Hall–Kier alpha value is -1.40. The number of anilines is 1. The van der Waals surface area contributed by atoms with Crippen LogP contribution in [0.3, 0.4) is 0 Å². The fraction of sp³-hybridized carbons (Fsp3) is 0.556. The number of hydrogen-bond acceptors (Lipinski definition) is 6. The van der Waals surface area contributed by atoms with Crippen molar-refractivity contribution in [1.29, 1.82) is 0 Å². The lowest BCUT2D eigenvalue weighted by Crippen LogP contribution is -2.33. The molecule has 0 amide bonds. The van der Waals surface area contributed by atoms with Gasteiger partial charge >= 0.3 is 11.9 Å². The number of alkyl halides is 3. The number of hydrogen-bond donors (Lipinski definition) is 2. The van der Waals surface area contributed by atoms with Gasteiger partial charge in [0.2, 0.25) is 0 Å². The second kappa shape index (κ2) is 6.58. The molecule has 0 aliphatic carbocycles. The number of nitrogens with one attached hydrogen (secondary N) is 2. The third-order valence-corrected chi connectivity index (χ3v) is 5.11. The highest BCUT2D eigenvalue weighted by atomic mass is 32.2. The molecule has 0 unspecified atom stereocenters. The number of halogens is 3. The SMILES string of the molecule is CCCNc1sc(S(=O)(=O)NCC(F)(F)F)cc1[N+](=O)[O-]. The molecular formula is C9H12F3N3O4S2. The van der Waals surface area contributed by atoms with Gasteiger partial charge in [0, 0.05) is 12.6 Å². The molecule has 0 atom stereocenters. The van der Waals surface area contributed by atoms with E-state index in [1.54, 1.807) is 6.92 Å². The van der Waals surface area contributed by atoms with Crippen molar-refractivity contribution in [3.8, 4) is 0 Å². The van der Waals surface area contributed by atoms with Crippen LogP contribution in [0, 0.1) is 10.1 Å². The molecule has 0 radical (unpaired) electrons. The fourth-order valence-electron chi connectivity index (χ4n) is 1.24. The minimum atomic E-state index is -4.71. The van der Waals surface area contributed by atoms with Crippen LogP contribution in [-0.4, -0.2) is 32.6 Å². The van der Waals surface area contributed by atoms with Crippen molar-refractivity contribution in [1.82, 2.24) is 4.72 Å². The molecule has 0 aliphatic heterocycles. The Morgan fingerprint density at radius 3 is 2.52 bits per heavy atom. The predicted octanol–water partition coefficient (Wildman–Crippen LogP) is 2.32. The molecule has 12 heteroatoms. The van der Waals surface area contributed by atoms with Crippen LogP contribution in [0.2, 0.25) is 0 Å². The topological polar surface area (TPSA) is 101 Å². The molecule has 1 aromatic rings. The van der Waals surface area contributed by atoms with Gasteiger partial charge in [-0.05, 0) is 6.42 Å². The van der Waals surface area contributed by atoms with E-state index in [2.05, 4.69) is 5.32 Å². The van der Waals surface area contributed by atoms with Gasteiger partial charge in [-0.3, -0.25) is 10.1 Å². The lowest BCUT2D eigenvalue weighted by Gasteiger charge is -2.07. The van der Waals surface area contributed by atoms with Crippen LogP contribution in [0.1, 0.15) is 13.3 Å². The maximum atomic E-state index is 12.0. The normalized spacial score (nSPS) is 12.4. The monoisotopic (exact) mass is 347 g/mol. The minimum absolute atomic E-state index is 0.00534. The molecule has 0 saturated heterocycles. The maximum absolute atomic E-state index is 12.0. The van der Waals surface area contributed by atoms with Crippen molar-refractivity contribution in [3.63, 3.8) is 0 Å². The molecule has 0 saturated carbocycles. The highest BCUT2D eigenvalue weighted by Gasteiger charge is 2.32. The third-order valence-electron chi connectivity index (χ3n) is 2.15. The molecule has 21 heavy (non-hydrogen) atoms. The van der Waals surface area contributed by atoms with Crippen LogP contribution in [0.15, 0.2) is 10.3 Å². The first-order chi connectivity index (χ1) is 9.57. The van der Waals surface area contributed by atoms with E-state index in [1.807, 2.05) is 0 Å². The Morgan fingerprint density at radius 2 is 2.05 bits per heavy atom. The fourth-order valence-corrected chi connectivity index (χ4v) is 3.65. The second-order valence-corrected chi connectivity index (χ2v) is 6.95. The van der Waals surface area contributed by atoms with Gasteiger partial charge in [-0.1, -0.05) is 18.3 Å². The summed E-state index contributed by atoms with van der Waals surface area (Å²) in [7, 11) is -4.45. The molecule has 0 aromatic carbocycles. The lowest BCUT2D eigenvalue weighted by molar-refractivity contribution is -0.383. The highest BCUT2D eigenvalue weighted by Crippen LogP contribution is 2.37. The summed E-state index contributed by atoms with van der Waals surface area (Å²) in [5.74, 6) is 0. The smallest absolute Gasteiger partial charge is 0.371 e. The Kier molecular flexibility index (Phi) is 5.53. The second-order valence-electron chi connectivity index (χ2n) is 3.90. The molecule has 2 N–H and O–H groups in total. The summed E-state index contributed by atoms with van der Waals surface area (Å²) in [6.07, 6.45) is -4.07. The largest absolute Gasteiger partial charge is 0.402 e. The summed E-state index contributed by atoms with van der Waals surface area (Å²) in [6.45, 7) is 0.435. The van der Waals surface area contributed by atoms with E-state index in [-0.39, 0.29) is 5.00 Å². The Morgan fingerprint density at radius 1 is 1.43 bits per heavy atom. The van der Waals surface area contributed by atoms with E-state index in [4.69, 9.17) is 0 Å². The number of sulfonamides is 1. The summed E-state index contributed by atoms with van der Waals surface area (Å²) in [5, 5.41) is 13.5. The van der Waals surface area contributed by atoms with Crippen LogP contribution < -0.4 is 10.0 Å². The van der Waals surface area contributed by atoms with Gasteiger partial charge in [-0.25, -0.2) is 13.1 Å². The van der Waals surface area contributed by atoms with Gasteiger partial charge in [-0.15, -0.1) is 0 Å². The minimum Gasteiger partial charge on any atom is -0.371 e. The van der Waals surface area contributed by atoms with Crippen LogP contribution in [-0.2, 0) is 10.0 Å². The van der Waals surface area contributed by atoms with Gasteiger partial charge in [0.25, 0.3) is 10.0 Å². The first kappa shape index (κ1) is 17.7. The first-order valence-corrected chi connectivity index (χ1v) is 7.95. The first-order valence-electron chi connectivity index (χ1n) is 5.65. The zero-order valence-electron chi connectivity index (χ0n) is 10.7. The summed E-state index contributed by atoms with van der Waals surface area (Å²) in [4.78, 5) is 10.0. The summed E-state index contributed by atoms with van der Waals surface area (Å²) >= 11 is 0.515. The maximum Gasteiger partial charge on any atom is 0.402 e. The molecule has 1 heterocycles. The van der Waals surface area contributed by atoms with Crippen molar-refractivity contribution in [2.75, 3.05) is 18.4 Å². The van der Waals surface area contributed by atoms with Gasteiger partial charge in [0.05, 0.1) is 4.92 Å². The van der Waals surface area contributed by atoms with E-state index in [9.17, 15) is 31.7 Å². The Labute approximate surface area is 122 Å². The molecule has 0 bridgehead atoms. The third kappa shape index (κ3) is 5.13. The molecule has 7 nitrogen and oxygen atoms in total. The summed E-state index contributed by atoms with van der Waals surface area (Å²) in [5.41, 5.74) is -0.485. The summed E-state index contributed by atoms with van der Waals surface area (Å²) in [6, 6.07) is 0.737. The van der Waals surface area contributed by atoms with Crippen molar-refractivity contribution >= 4 is 32.0 Å². The van der Waals surface area contributed by atoms with Crippen LogP contribution >= 0.6 is 11.3 Å². The van der Waals surface area contributed by atoms with Crippen LogP contribution in [0.5, 0.6) is 0 Å². The predicted molar refractivity (Wildman–Crippen MR) is 71.0 cm³/mol. The quantitative estimate of drug-likeness (QED) is 0.582. The number of nitro groups is 1. The number of thiophene rings is 1. The lowest BCUT2D eigenvalue weighted by atomic mass is 10.4. The molecule has 0 aliphatic rings. The van der Waals surface area contributed by atoms with Crippen LogP contribution in [0.25, 0.3) is 0 Å². The molecular weight excluding hydrogens is 335 g/mol.